The standard InChI is InChI=1S/C18H34N4O/c1-2-19-18(21-15-17(23)22-13-7-8-14-22)20-12-6-5-11-16-9-3-4-10-16/h16H,2-15H2,1H3,(H2,19,20,21). The molecule has 132 valence electrons. The van der Waals surface area contributed by atoms with E-state index in [4.69, 9.17) is 0 Å². The molecule has 0 spiro atoms. The topological polar surface area (TPSA) is 56.7 Å². The zero-order chi connectivity index (χ0) is 16.3. The van der Waals surface area contributed by atoms with Gasteiger partial charge in [0.2, 0.25) is 5.91 Å². The molecule has 0 aromatic heterocycles. The van der Waals surface area contributed by atoms with E-state index < -0.39 is 0 Å². The van der Waals surface area contributed by atoms with Crippen molar-refractivity contribution in [3.05, 3.63) is 0 Å². The second kappa shape index (κ2) is 10.5. The second-order valence-corrected chi connectivity index (χ2v) is 6.86. The van der Waals surface area contributed by atoms with E-state index in [0.29, 0.717) is 0 Å². The highest BCUT2D eigenvalue weighted by Gasteiger charge is 2.17. The van der Waals surface area contributed by atoms with E-state index in [2.05, 4.69) is 22.5 Å². The lowest BCUT2D eigenvalue weighted by Crippen LogP contribution is -2.39. The molecule has 2 fully saturated rings. The summed E-state index contributed by atoms with van der Waals surface area (Å²) in [7, 11) is 0. The summed E-state index contributed by atoms with van der Waals surface area (Å²) in [6.07, 6.45) is 11.9. The van der Waals surface area contributed by atoms with Gasteiger partial charge in [-0.1, -0.05) is 38.5 Å². The van der Waals surface area contributed by atoms with E-state index in [0.717, 1.165) is 50.9 Å². The van der Waals surface area contributed by atoms with E-state index in [1.54, 1.807) is 0 Å². The quantitative estimate of drug-likeness (QED) is 0.410. The lowest BCUT2D eigenvalue weighted by molar-refractivity contribution is -0.128. The molecular formula is C18H34N4O. The van der Waals surface area contributed by atoms with E-state index >= 15 is 0 Å². The number of hydrogen-bond acceptors (Lipinski definition) is 2. The highest BCUT2D eigenvalue weighted by atomic mass is 16.2. The van der Waals surface area contributed by atoms with Gasteiger partial charge >= 0.3 is 0 Å². The van der Waals surface area contributed by atoms with Crippen LogP contribution in [0.3, 0.4) is 0 Å². The van der Waals surface area contributed by atoms with Gasteiger partial charge in [0.05, 0.1) is 0 Å². The molecule has 0 atom stereocenters. The molecule has 1 aliphatic carbocycles. The van der Waals surface area contributed by atoms with Crippen LogP contribution < -0.4 is 10.6 Å². The number of carbonyl (C=O) groups is 1. The average Bonchev–Trinajstić information content (AvgIpc) is 3.25. The Kier molecular flexibility index (Phi) is 8.26. The summed E-state index contributed by atoms with van der Waals surface area (Å²) in [4.78, 5) is 18.4. The van der Waals surface area contributed by atoms with Crippen molar-refractivity contribution in [2.75, 3.05) is 32.7 Å². The van der Waals surface area contributed by atoms with Crippen LogP contribution in [-0.2, 0) is 4.79 Å². The Bertz CT molecular complexity index is 371. The summed E-state index contributed by atoms with van der Waals surface area (Å²) in [6.45, 7) is 5.89. The van der Waals surface area contributed by atoms with Gasteiger partial charge in [-0.25, -0.2) is 4.99 Å². The first-order chi connectivity index (χ1) is 11.3. The molecule has 1 amide bonds. The van der Waals surface area contributed by atoms with Crippen LogP contribution in [0, 0.1) is 5.92 Å². The van der Waals surface area contributed by atoms with Crippen LogP contribution in [0.15, 0.2) is 4.99 Å². The molecule has 5 heteroatoms. The maximum atomic E-state index is 12.0. The van der Waals surface area contributed by atoms with Crippen LogP contribution >= 0.6 is 0 Å². The summed E-state index contributed by atoms with van der Waals surface area (Å²) in [5.74, 6) is 1.91. The van der Waals surface area contributed by atoms with Crippen molar-refractivity contribution >= 4 is 11.9 Å². The van der Waals surface area contributed by atoms with Crippen molar-refractivity contribution in [2.45, 2.75) is 64.7 Å². The van der Waals surface area contributed by atoms with Gasteiger partial charge < -0.3 is 15.5 Å². The van der Waals surface area contributed by atoms with Crippen molar-refractivity contribution in [1.82, 2.24) is 15.5 Å². The number of nitrogens with one attached hydrogen (secondary N) is 2. The number of likely N-dealkylation sites (tertiary alicyclic amines) is 1. The fourth-order valence-electron chi connectivity index (χ4n) is 3.62. The normalized spacial score (nSPS) is 19.3. The highest BCUT2D eigenvalue weighted by molar-refractivity contribution is 5.85. The lowest BCUT2D eigenvalue weighted by Gasteiger charge is -2.15. The van der Waals surface area contributed by atoms with E-state index in [9.17, 15) is 4.79 Å². The van der Waals surface area contributed by atoms with Crippen molar-refractivity contribution in [3.63, 3.8) is 0 Å². The Hall–Kier alpha value is -1.26. The van der Waals surface area contributed by atoms with Gasteiger partial charge in [-0.3, -0.25) is 4.79 Å². The molecule has 2 N–H and O–H groups in total. The third-order valence-corrected chi connectivity index (χ3v) is 4.98. The first-order valence-corrected chi connectivity index (χ1v) is 9.59. The number of aliphatic imine (C=N–C) groups is 1. The van der Waals surface area contributed by atoms with Crippen molar-refractivity contribution in [2.24, 2.45) is 10.9 Å². The summed E-state index contributed by atoms with van der Waals surface area (Å²) in [6, 6.07) is 0. The Labute approximate surface area is 141 Å². The Morgan fingerprint density at radius 1 is 1.09 bits per heavy atom. The molecular weight excluding hydrogens is 288 g/mol. The van der Waals surface area contributed by atoms with Crippen LogP contribution in [0.5, 0.6) is 0 Å². The molecule has 0 unspecified atom stereocenters. The minimum Gasteiger partial charge on any atom is -0.357 e. The maximum absolute atomic E-state index is 12.0. The average molecular weight is 322 g/mol. The molecule has 2 rings (SSSR count). The largest absolute Gasteiger partial charge is 0.357 e. The first-order valence-electron chi connectivity index (χ1n) is 9.59. The van der Waals surface area contributed by atoms with Crippen molar-refractivity contribution < 1.29 is 4.79 Å². The lowest BCUT2D eigenvalue weighted by atomic mass is 10.0. The molecule has 5 nitrogen and oxygen atoms in total. The van der Waals surface area contributed by atoms with E-state index in [1.807, 2.05) is 4.90 Å². The minimum absolute atomic E-state index is 0.154. The van der Waals surface area contributed by atoms with Gasteiger partial charge in [0.1, 0.15) is 6.54 Å². The summed E-state index contributed by atoms with van der Waals surface area (Å²) < 4.78 is 0. The summed E-state index contributed by atoms with van der Waals surface area (Å²) >= 11 is 0. The van der Waals surface area contributed by atoms with Crippen LogP contribution in [0.25, 0.3) is 0 Å². The van der Waals surface area contributed by atoms with Gasteiger partial charge in [-0.2, -0.15) is 0 Å². The monoisotopic (exact) mass is 322 g/mol. The molecule has 1 heterocycles. The molecule has 2 aliphatic rings. The Morgan fingerprint density at radius 2 is 1.83 bits per heavy atom. The molecule has 0 aromatic carbocycles. The second-order valence-electron chi connectivity index (χ2n) is 6.86. The zero-order valence-electron chi connectivity index (χ0n) is 14.8. The Balaban J connectivity index is 1.61. The van der Waals surface area contributed by atoms with Crippen LogP contribution in [-0.4, -0.2) is 49.5 Å². The van der Waals surface area contributed by atoms with Gasteiger partial charge in [0.25, 0.3) is 0 Å². The van der Waals surface area contributed by atoms with Crippen molar-refractivity contribution in [1.29, 1.82) is 0 Å². The molecule has 1 aliphatic heterocycles. The Morgan fingerprint density at radius 3 is 2.52 bits per heavy atom. The van der Waals surface area contributed by atoms with E-state index in [-0.39, 0.29) is 12.5 Å². The van der Waals surface area contributed by atoms with Crippen LogP contribution in [0.1, 0.15) is 64.7 Å². The molecule has 0 radical (unpaired) electrons. The molecule has 1 saturated heterocycles. The predicted molar refractivity (Wildman–Crippen MR) is 95.6 cm³/mol. The fraction of sp³-hybridized carbons (Fsp3) is 0.889. The number of hydrogen-bond donors (Lipinski definition) is 2. The van der Waals surface area contributed by atoms with E-state index in [1.165, 1.54) is 44.9 Å². The zero-order valence-corrected chi connectivity index (χ0v) is 14.8. The van der Waals surface area contributed by atoms with Crippen LogP contribution in [0.4, 0.5) is 0 Å². The van der Waals surface area contributed by atoms with Crippen molar-refractivity contribution in [3.8, 4) is 0 Å². The number of nitrogens with zero attached hydrogens (tertiary/aromatic N) is 2. The SMILES string of the molecule is CCNC(=NCC(=O)N1CCCC1)NCCCCC1CCCC1. The first kappa shape index (κ1) is 18.1. The van der Waals surface area contributed by atoms with Crippen LogP contribution in [0.2, 0.25) is 0 Å². The molecule has 23 heavy (non-hydrogen) atoms. The summed E-state index contributed by atoms with van der Waals surface area (Å²) in [5.41, 5.74) is 0. The summed E-state index contributed by atoms with van der Waals surface area (Å²) in [5, 5.41) is 6.59. The van der Waals surface area contributed by atoms with Gasteiger partial charge in [-0.05, 0) is 32.1 Å². The van der Waals surface area contributed by atoms with Gasteiger partial charge in [0, 0.05) is 26.2 Å². The number of rotatable bonds is 8. The number of amides is 1. The number of carbonyl (C=O) groups excluding carboxylic acids is 1. The highest BCUT2D eigenvalue weighted by Crippen LogP contribution is 2.28. The smallest absolute Gasteiger partial charge is 0.244 e. The van der Waals surface area contributed by atoms with Gasteiger partial charge in [-0.15, -0.1) is 0 Å². The predicted octanol–water partition coefficient (Wildman–Crippen LogP) is 2.52. The minimum atomic E-state index is 0.154. The molecule has 1 saturated carbocycles. The third kappa shape index (κ3) is 6.80. The van der Waals surface area contributed by atoms with Gasteiger partial charge in [0.15, 0.2) is 5.96 Å². The maximum Gasteiger partial charge on any atom is 0.244 e. The fourth-order valence-corrected chi connectivity index (χ4v) is 3.62. The third-order valence-electron chi connectivity index (χ3n) is 4.98. The molecule has 0 bridgehead atoms. The molecule has 0 aromatic rings. The number of unbranched alkanes of at least 4 members (excludes halogenated alkanes) is 1. The number of guanidine groups is 1.